The Morgan fingerprint density at radius 2 is 2.00 bits per heavy atom. The van der Waals surface area contributed by atoms with Gasteiger partial charge < -0.3 is 0 Å². The fraction of sp³-hybridized carbons (Fsp3) is 0.667. The van der Waals surface area contributed by atoms with Crippen LogP contribution in [0.15, 0.2) is 9.63 Å². The topological polar surface area (TPSA) is 0 Å². The van der Waals surface area contributed by atoms with Gasteiger partial charge in [-0.3, -0.25) is 0 Å². The first-order chi connectivity index (χ1) is 5.32. The molecule has 70 valence electrons. The van der Waals surface area contributed by atoms with Crippen molar-refractivity contribution in [1.82, 2.24) is 0 Å². The molecule has 0 saturated carbocycles. The van der Waals surface area contributed by atoms with E-state index in [0.717, 1.165) is 4.66 Å². The van der Waals surface area contributed by atoms with Gasteiger partial charge in [0.15, 0.2) is 0 Å². The molecule has 0 saturated heterocycles. The number of hydrogen-bond donors (Lipinski definition) is 0. The molecule has 1 aliphatic heterocycles. The van der Waals surface area contributed by atoms with Gasteiger partial charge in [-0.2, -0.15) is 0 Å². The van der Waals surface area contributed by atoms with Gasteiger partial charge in [-0.1, -0.05) is 0 Å². The summed E-state index contributed by atoms with van der Waals surface area (Å²) in [4.78, 5) is 1.49. The van der Waals surface area contributed by atoms with Crippen LogP contribution in [0, 0.1) is 0 Å². The Balaban J connectivity index is 3.00. The number of halogens is 4. The molecule has 0 N–H and O–H groups in total. The summed E-state index contributed by atoms with van der Waals surface area (Å²) in [7, 11) is -1.80. The van der Waals surface area contributed by atoms with Crippen LogP contribution in [0.5, 0.6) is 0 Å². The van der Waals surface area contributed by atoms with Crippen molar-refractivity contribution in [2.75, 3.05) is 0 Å². The fourth-order valence-electron chi connectivity index (χ4n) is 0.919. The van der Waals surface area contributed by atoms with Crippen molar-refractivity contribution >= 4 is 69.4 Å². The van der Waals surface area contributed by atoms with E-state index in [-0.39, 0.29) is 15.0 Å². The van der Waals surface area contributed by atoms with Crippen molar-refractivity contribution in [3.63, 3.8) is 0 Å². The van der Waals surface area contributed by atoms with Crippen molar-refractivity contribution in [2.45, 2.75) is 21.3 Å². The molecular weight excluding hydrogens is 321 g/mol. The van der Waals surface area contributed by atoms with Crippen LogP contribution in [-0.4, -0.2) is 31.3 Å². The summed E-state index contributed by atoms with van der Waals surface area (Å²) in [6, 6.07) is 0. The second kappa shape index (κ2) is 3.66. The molecule has 0 aromatic carbocycles. The standard InChI is InChI=1S/C6H8Cl4SeSi/c1-12(2)4(7)3-11-6(12,10)5(8)9/h3,5H,1-2H3. The molecule has 1 aliphatic rings. The summed E-state index contributed by atoms with van der Waals surface area (Å²) < 4.78 is 0.448. The van der Waals surface area contributed by atoms with Crippen LogP contribution in [-0.2, 0) is 0 Å². The number of hydrogen-bond acceptors (Lipinski definition) is 0. The predicted molar refractivity (Wildman–Crippen MR) is 61.3 cm³/mol. The summed E-state index contributed by atoms with van der Waals surface area (Å²) in [5, 5.41) is 0. The van der Waals surface area contributed by atoms with Crippen molar-refractivity contribution < 1.29 is 0 Å². The molecule has 1 heterocycles. The molecule has 0 nitrogen and oxygen atoms in total. The molecule has 0 aromatic rings. The van der Waals surface area contributed by atoms with Crippen molar-refractivity contribution in [2.24, 2.45) is 0 Å². The molecule has 0 amide bonds. The van der Waals surface area contributed by atoms with Crippen LogP contribution in [0.4, 0.5) is 0 Å². The van der Waals surface area contributed by atoms with Gasteiger partial charge in [0.1, 0.15) is 0 Å². The van der Waals surface area contributed by atoms with Crippen molar-refractivity contribution in [1.29, 1.82) is 0 Å². The molecule has 0 aromatic heterocycles. The van der Waals surface area contributed by atoms with E-state index in [0.29, 0.717) is 0 Å². The second-order valence-electron chi connectivity index (χ2n) is 3.15. The zero-order valence-electron chi connectivity index (χ0n) is 6.57. The number of rotatable bonds is 1. The Morgan fingerprint density at radius 3 is 2.17 bits per heavy atom. The second-order valence-corrected chi connectivity index (χ2v) is 14.1. The zero-order chi connectivity index (χ0) is 9.57. The Bertz CT molecular complexity index is 228. The molecular formula is C6H8Cl4SeSi. The third-order valence-corrected chi connectivity index (χ3v) is 17.4. The molecule has 12 heavy (non-hydrogen) atoms. The SMILES string of the molecule is C[Si]1(C)C(Cl)=C[Se]C1(Cl)C(Cl)Cl. The molecule has 0 aliphatic carbocycles. The third kappa shape index (κ3) is 1.61. The Morgan fingerprint density at radius 1 is 1.50 bits per heavy atom. The molecule has 0 bridgehead atoms. The molecule has 1 rings (SSSR count). The summed E-state index contributed by atoms with van der Waals surface area (Å²) in [6.45, 7) is 4.21. The van der Waals surface area contributed by atoms with E-state index in [1.807, 2.05) is 4.97 Å². The van der Waals surface area contributed by atoms with E-state index >= 15 is 0 Å². The first-order valence-corrected chi connectivity index (χ1v) is 9.81. The van der Waals surface area contributed by atoms with Gasteiger partial charge in [0.25, 0.3) is 0 Å². The van der Waals surface area contributed by atoms with Crippen LogP contribution < -0.4 is 0 Å². The van der Waals surface area contributed by atoms with Crippen LogP contribution in [0.1, 0.15) is 0 Å². The van der Waals surface area contributed by atoms with E-state index < -0.39 is 16.3 Å². The Hall–Kier alpha value is 1.64. The van der Waals surface area contributed by atoms with E-state index in [2.05, 4.69) is 13.1 Å². The van der Waals surface area contributed by atoms with Gasteiger partial charge in [0.2, 0.25) is 0 Å². The summed E-state index contributed by atoms with van der Waals surface area (Å²) in [6.07, 6.45) is 0. The first kappa shape index (κ1) is 11.7. The van der Waals surface area contributed by atoms with E-state index in [1.54, 1.807) is 0 Å². The van der Waals surface area contributed by atoms with Gasteiger partial charge in [0.05, 0.1) is 0 Å². The molecule has 0 fully saturated rings. The molecule has 6 heteroatoms. The van der Waals surface area contributed by atoms with Gasteiger partial charge in [-0.15, -0.1) is 0 Å². The maximum absolute atomic E-state index is 6.38. The first-order valence-electron chi connectivity index (χ1n) is 3.33. The quantitative estimate of drug-likeness (QED) is 0.512. The van der Waals surface area contributed by atoms with Crippen LogP contribution >= 0.6 is 46.4 Å². The van der Waals surface area contributed by atoms with Crippen molar-refractivity contribution in [3.8, 4) is 0 Å². The molecule has 0 radical (unpaired) electrons. The molecule has 1 atom stereocenters. The average molecular weight is 329 g/mol. The Kier molecular flexibility index (Phi) is 3.57. The molecule has 1 unspecified atom stereocenters. The van der Waals surface area contributed by atoms with Gasteiger partial charge in [-0.25, -0.2) is 0 Å². The predicted octanol–water partition coefficient (Wildman–Crippen LogP) is 3.31. The fourth-order valence-corrected chi connectivity index (χ4v) is 12.1. The van der Waals surface area contributed by atoms with Crippen LogP contribution in [0.25, 0.3) is 0 Å². The normalized spacial score (nSPS) is 34.1. The Labute approximate surface area is 99.7 Å². The average Bonchev–Trinajstić information content (AvgIpc) is 2.15. The van der Waals surface area contributed by atoms with E-state index in [4.69, 9.17) is 46.4 Å². The van der Waals surface area contributed by atoms with Gasteiger partial charge >= 0.3 is 100 Å². The summed E-state index contributed by atoms with van der Waals surface area (Å²) in [5.74, 6) is 0. The summed E-state index contributed by atoms with van der Waals surface area (Å²) in [5.41, 5.74) is 0. The maximum atomic E-state index is 6.38. The van der Waals surface area contributed by atoms with Crippen molar-refractivity contribution in [3.05, 3.63) is 9.63 Å². The monoisotopic (exact) mass is 328 g/mol. The van der Waals surface area contributed by atoms with E-state index in [1.165, 1.54) is 0 Å². The third-order valence-electron chi connectivity index (χ3n) is 2.06. The van der Waals surface area contributed by atoms with E-state index in [9.17, 15) is 0 Å². The number of alkyl halides is 3. The minimum atomic E-state index is -1.80. The molecule has 0 spiro atoms. The zero-order valence-corrected chi connectivity index (χ0v) is 12.3. The van der Waals surface area contributed by atoms with Gasteiger partial charge in [0, 0.05) is 0 Å². The van der Waals surface area contributed by atoms with Crippen LogP contribution in [0.3, 0.4) is 0 Å². The minimum absolute atomic E-state index is 0.121. The van der Waals surface area contributed by atoms with Gasteiger partial charge in [-0.05, 0) is 0 Å². The van der Waals surface area contributed by atoms with Crippen LogP contribution in [0.2, 0.25) is 13.1 Å². The summed E-state index contributed by atoms with van der Waals surface area (Å²) >= 11 is 24.3.